The van der Waals surface area contributed by atoms with Crippen LogP contribution in [0.1, 0.15) is 17.3 Å². The van der Waals surface area contributed by atoms with E-state index in [2.05, 4.69) is 20.1 Å². The fourth-order valence-electron chi connectivity index (χ4n) is 3.38. The Bertz CT molecular complexity index is 954. The van der Waals surface area contributed by atoms with Crippen LogP contribution in [-0.2, 0) is 0 Å². The van der Waals surface area contributed by atoms with Gasteiger partial charge in [0.25, 0.3) is 5.91 Å². The van der Waals surface area contributed by atoms with E-state index >= 15 is 0 Å². The maximum atomic E-state index is 12.9. The van der Waals surface area contributed by atoms with Crippen molar-refractivity contribution in [1.29, 1.82) is 0 Å². The monoisotopic (exact) mass is 389 g/mol. The van der Waals surface area contributed by atoms with Gasteiger partial charge in [0, 0.05) is 32.4 Å². The van der Waals surface area contributed by atoms with E-state index in [-0.39, 0.29) is 5.91 Å². The molecule has 3 heterocycles. The van der Waals surface area contributed by atoms with Crippen molar-refractivity contribution >= 4 is 11.7 Å². The van der Waals surface area contributed by atoms with Gasteiger partial charge >= 0.3 is 0 Å². The Morgan fingerprint density at radius 1 is 0.931 bits per heavy atom. The molecule has 1 aromatic carbocycles. The molecule has 0 spiro atoms. The van der Waals surface area contributed by atoms with Gasteiger partial charge in [-0.1, -0.05) is 18.2 Å². The second kappa shape index (κ2) is 8.68. The van der Waals surface area contributed by atoms with Crippen LogP contribution in [0.3, 0.4) is 0 Å². The number of benzene rings is 1. The number of aromatic nitrogens is 3. The predicted molar refractivity (Wildman–Crippen MR) is 111 cm³/mol. The maximum absolute atomic E-state index is 12.9. The van der Waals surface area contributed by atoms with Crippen LogP contribution < -0.4 is 9.64 Å². The van der Waals surface area contributed by atoms with Gasteiger partial charge < -0.3 is 14.5 Å². The Balaban J connectivity index is 1.40. The highest BCUT2D eigenvalue weighted by Crippen LogP contribution is 2.22. The minimum absolute atomic E-state index is 0.00489. The molecule has 4 rings (SSSR count). The second-order valence-corrected chi connectivity index (χ2v) is 6.70. The largest absolute Gasteiger partial charge is 0.493 e. The smallest absolute Gasteiger partial charge is 0.257 e. The third-order valence-corrected chi connectivity index (χ3v) is 4.89. The Hall–Kier alpha value is -3.48. The number of piperazine rings is 1. The summed E-state index contributed by atoms with van der Waals surface area (Å²) in [5.41, 5.74) is 2.16. The summed E-state index contributed by atoms with van der Waals surface area (Å²) in [4.78, 5) is 21.2. The third kappa shape index (κ3) is 4.18. The van der Waals surface area contributed by atoms with E-state index in [0.717, 1.165) is 17.2 Å². The number of anilines is 1. The molecule has 0 unspecified atom stereocenters. The lowest BCUT2D eigenvalue weighted by atomic mass is 10.1. The van der Waals surface area contributed by atoms with Crippen molar-refractivity contribution in [2.75, 3.05) is 37.7 Å². The topological polar surface area (TPSA) is 71.5 Å². The summed E-state index contributed by atoms with van der Waals surface area (Å²) in [7, 11) is 0. The molecule has 2 aromatic heterocycles. The molecule has 0 bridgehead atoms. The highest BCUT2D eigenvalue weighted by Gasteiger charge is 2.25. The molecular weight excluding hydrogens is 366 g/mol. The van der Waals surface area contributed by atoms with E-state index in [1.165, 1.54) is 0 Å². The van der Waals surface area contributed by atoms with E-state index in [1.807, 2.05) is 66.4 Å². The van der Waals surface area contributed by atoms with E-state index in [1.54, 1.807) is 6.20 Å². The highest BCUT2D eigenvalue weighted by molar-refractivity contribution is 5.97. The molecule has 7 nitrogen and oxygen atoms in total. The Kier molecular flexibility index (Phi) is 5.65. The number of nitrogens with zero attached hydrogens (tertiary/aromatic N) is 5. The number of ether oxygens (including phenoxy) is 1. The number of carbonyl (C=O) groups excluding carboxylic acids is 1. The van der Waals surface area contributed by atoms with Gasteiger partial charge in [-0.25, -0.2) is 0 Å². The first-order chi connectivity index (χ1) is 14.3. The third-order valence-electron chi connectivity index (χ3n) is 4.89. The van der Waals surface area contributed by atoms with Crippen LogP contribution in [0.25, 0.3) is 11.4 Å². The van der Waals surface area contributed by atoms with E-state index in [9.17, 15) is 4.79 Å². The molecule has 0 saturated carbocycles. The van der Waals surface area contributed by atoms with Crippen molar-refractivity contribution in [3.8, 4) is 17.1 Å². The predicted octanol–water partition coefficient (Wildman–Crippen LogP) is 2.90. The first-order valence-electron chi connectivity index (χ1n) is 9.77. The molecular formula is C22H23N5O2. The average Bonchev–Trinajstić information content (AvgIpc) is 2.80. The molecule has 29 heavy (non-hydrogen) atoms. The first-order valence-corrected chi connectivity index (χ1v) is 9.77. The molecule has 1 saturated heterocycles. The molecule has 3 aromatic rings. The summed E-state index contributed by atoms with van der Waals surface area (Å²) in [5, 5.41) is 8.66. The highest BCUT2D eigenvalue weighted by atomic mass is 16.5. The fraction of sp³-hybridized carbons (Fsp3) is 0.273. The normalized spacial score (nSPS) is 14.0. The van der Waals surface area contributed by atoms with Crippen molar-refractivity contribution in [1.82, 2.24) is 20.1 Å². The number of para-hydroxylation sites is 1. The Morgan fingerprint density at radius 3 is 2.41 bits per heavy atom. The molecule has 1 aliphatic heterocycles. The van der Waals surface area contributed by atoms with Gasteiger partial charge in [0.05, 0.1) is 17.9 Å². The van der Waals surface area contributed by atoms with Crippen LogP contribution in [0.4, 0.5) is 5.82 Å². The van der Waals surface area contributed by atoms with Gasteiger partial charge in [-0.3, -0.25) is 9.78 Å². The summed E-state index contributed by atoms with van der Waals surface area (Å²) in [6, 6.07) is 17.0. The lowest BCUT2D eigenvalue weighted by Gasteiger charge is -2.35. The zero-order chi connectivity index (χ0) is 20.1. The minimum atomic E-state index is 0.00489. The van der Waals surface area contributed by atoms with E-state index in [0.29, 0.717) is 44.1 Å². The van der Waals surface area contributed by atoms with Gasteiger partial charge in [0.2, 0.25) is 0 Å². The van der Waals surface area contributed by atoms with Gasteiger partial charge in [-0.15, -0.1) is 10.2 Å². The van der Waals surface area contributed by atoms with Gasteiger partial charge in [-0.2, -0.15) is 0 Å². The summed E-state index contributed by atoms with van der Waals surface area (Å²) in [6.07, 6.45) is 1.74. The van der Waals surface area contributed by atoms with Crippen LogP contribution in [-0.4, -0.2) is 58.8 Å². The van der Waals surface area contributed by atoms with Crippen molar-refractivity contribution in [2.24, 2.45) is 0 Å². The average molecular weight is 389 g/mol. The lowest BCUT2D eigenvalue weighted by Crippen LogP contribution is -2.49. The number of amides is 1. The van der Waals surface area contributed by atoms with E-state index in [4.69, 9.17) is 4.74 Å². The van der Waals surface area contributed by atoms with Crippen LogP contribution in [0.5, 0.6) is 5.75 Å². The molecule has 7 heteroatoms. The van der Waals surface area contributed by atoms with Crippen LogP contribution in [0, 0.1) is 0 Å². The second-order valence-electron chi connectivity index (χ2n) is 6.70. The van der Waals surface area contributed by atoms with Crippen molar-refractivity contribution in [2.45, 2.75) is 6.92 Å². The fourth-order valence-corrected chi connectivity index (χ4v) is 3.38. The SMILES string of the molecule is CCOc1ccccc1C(=O)N1CCN(c2ccc(-c3ccccn3)nn2)CC1. The van der Waals surface area contributed by atoms with Gasteiger partial charge in [-0.05, 0) is 43.3 Å². The molecule has 1 amide bonds. The zero-order valence-electron chi connectivity index (χ0n) is 16.4. The van der Waals surface area contributed by atoms with Crippen LogP contribution in [0.2, 0.25) is 0 Å². The van der Waals surface area contributed by atoms with E-state index < -0.39 is 0 Å². The summed E-state index contributed by atoms with van der Waals surface area (Å²) >= 11 is 0. The number of hydrogen-bond acceptors (Lipinski definition) is 6. The lowest BCUT2D eigenvalue weighted by molar-refractivity contribution is 0.0742. The minimum Gasteiger partial charge on any atom is -0.493 e. The number of pyridine rings is 1. The standard InChI is InChI=1S/C22H23N5O2/c1-2-29-20-9-4-3-7-17(20)22(28)27-15-13-26(14-16-27)21-11-10-19(24-25-21)18-8-5-6-12-23-18/h3-12H,2,13-16H2,1H3. The number of carbonyl (C=O) groups is 1. The molecule has 0 radical (unpaired) electrons. The molecule has 0 aliphatic carbocycles. The van der Waals surface area contributed by atoms with Crippen LogP contribution >= 0.6 is 0 Å². The molecule has 0 N–H and O–H groups in total. The molecule has 0 atom stereocenters. The Morgan fingerprint density at radius 2 is 1.72 bits per heavy atom. The first kappa shape index (κ1) is 18.9. The Labute approximate surface area is 170 Å². The molecule has 1 aliphatic rings. The zero-order valence-corrected chi connectivity index (χ0v) is 16.4. The van der Waals surface area contributed by atoms with Crippen LogP contribution in [0.15, 0.2) is 60.8 Å². The molecule has 1 fully saturated rings. The van der Waals surface area contributed by atoms with Crippen molar-refractivity contribution < 1.29 is 9.53 Å². The van der Waals surface area contributed by atoms with Gasteiger partial charge in [0.1, 0.15) is 11.4 Å². The van der Waals surface area contributed by atoms with Crippen molar-refractivity contribution in [3.05, 3.63) is 66.4 Å². The van der Waals surface area contributed by atoms with Gasteiger partial charge in [0.15, 0.2) is 5.82 Å². The quantitative estimate of drug-likeness (QED) is 0.668. The number of hydrogen-bond donors (Lipinski definition) is 0. The summed E-state index contributed by atoms with van der Waals surface area (Å²) in [6.45, 7) is 5.12. The molecule has 148 valence electrons. The summed E-state index contributed by atoms with van der Waals surface area (Å²) in [5.74, 6) is 1.45. The summed E-state index contributed by atoms with van der Waals surface area (Å²) < 4.78 is 5.61. The number of rotatable bonds is 5. The maximum Gasteiger partial charge on any atom is 0.257 e. The van der Waals surface area contributed by atoms with Crippen molar-refractivity contribution in [3.63, 3.8) is 0 Å².